The molecule has 0 fully saturated rings. The predicted octanol–water partition coefficient (Wildman–Crippen LogP) is 2.88. The summed E-state index contributed by atoms with van der Waals surface area (Å²) in [7, 11) is -4.42. The standard InChI is InChI=1S/C23H32O5S.K/c1-2-3-4-5-6-7-8-9-10-11-19-12-17-22(23(18-19)29(25,26)27)28-21-15-13-20(24)14-16-21;/h12-18,24H,2-11H2,1H3,(H,25,26,27);/q;+1/p-1. The molecule has 0 aromatic heterocycles. The van der Waals surface area contributed by atoms with Crippen molar-refractivity contribution in [3.05, 3.63) is 48.0 Å². The molecule has 0 spiro atoms. The van der Waals surface area contributed by atoms with Crippen molar-refractivity contribution in [1.82, 2.24) is 0 Å². The van der Waals surface area contributed by atoms with Crippen molar-refractivity contribution in [2.45, 2.75) is 76.0 Å². The van der Waals surface area contributed by atoms with E-state index >= 15 is 0 Å². The van der Waals surface area contributed by atoms with Crippen LogP contribution in [-0.2, 0) is 16.5 Å². The Bertz CT molecular complexity index is 850. The summed E-state index contributed by atoms with van der Waals surface area (Å²) in [6.45, 7) is 2.22. The van der Waals surface area contributed by atoms with Gasteiger partial charge in [-0.05, 0) is 42.7 Å². The molecule has 2 rings (SSSR count). The summed E-state index contributed by atoms with van der Waals surface area (Å²) in [5.41, 5.74) is 0.850. The van der Waals surface area contributed by atoms with Crippen LogP contribution in [0.4, 0.5) is 0 Å². The molecule has 0 saturated heterocycles. The van der Waals surface area contributed by atoms with Crippen LogP contribution in [0.15, 0.2) is 47.4 Å². The van der Waals surface area contributed by atoms with E-state index in [9.17, 15) is 18.1 Å². The Morgan fingerprint density at radius 3 is 2.00 bits per heavy atom. The third-order valence-corrected chi connectivity index (χ3v) is 5.78. The van der Waals surface area contributed by atoms with Gasteiger partial charge in [0.05, 0.1) is 0 Å². The van der Waals surface area contributed by atoms with Gasteiger partial charge >= 0.3 is 51.4 Å². The predicted molar refractivity (Wildman–Crippen MR) is 113 cm³/mol. The number of rotatable bonds is 13. The molecule has 0 saturated carbocycles. The Balaban J connectivity index is 0.00000450. The summed E-state index contributed by atoms with van der Waals surface area (Å²) in [6, 6.07) is 10.4. The van der Waals surface area contributed by atoms with Crippen molar-refractivity contribution in [1.29, 1.82) is 0 Å². The van der Waals surface area contributed by atoms with E-state index in [0.717, 1.165) is 24.8 Å². The van der Waals surface area contributed by atoms with Gasteiger partial charge in [-0.25, -0.2) is 0 Å². The summed E-state index contributed by atoms with van der Waals surface area (Å²) in [5.74, 6) is 0.215. The van der Waals surface area contributed by atoms with Gasteiger partial charge in [0.25, 0.3) is 10.1 Å². The van der Waals surface area contributed by atoms with Gasteiger partial charge in [-0.1, -0.05) is 76.5 Å². The Labute approximate surface area is 223 Å². The van der Waals surface area contributed by atoms with E-state index < -0.39 is 10.1 Å². The fourth-order valence-electron chi connectivity index (χ4n) is 3.27. The molecular formula is C23H31KO5S. The molecular weight excluding hydrogens is 427 g/mol. The molecule has 0 amide bonds. The molecule has 0 heterocycles. The molecule has 2 aromatic carbocycles. The molecule has 30 heavy (non-hydrogen) atoms. The Hall–Kier alpha value is -0.414. The van der Waals surface area contributed by atoms with Gasteiger partial charge in [0.1, 0.15) is 16.4 Å². The maximum atomic E-state index is 11.8. The Morgan fingerprint density at radius 1 is 0.867 bits per heavy atom. The third kappa shape index (κ3) is 10.3. The fourth-order valence-corrected chi connectivity index (χ4v) is 3.93. The van der Waals surface area contributed by atoms with Crippen LogP contribution in [0, 0.1) is 0 Å². The minimum atomic E-state index is -4.42. The number of benzene rings is 2. The van der Waals surface area contributed by atoms with Crippen LogP contribution in [-0.4, -0.2) is 13.0 Å². The molecule has 0 aliphatic heterocycles. The minimum absolute atomic E-state index is 0. The normalized spacial score (nSPS) is 11.1. The van der Waals surface area contributed by atoms with Crippen molar-refractivity contribution in [2.75, 3.05) is 0 Å². The largest absolute Gasteiger partial charge is 1.00 e. The van der Waals surface area contributed by atoms with Crippen molar-refractivity contribution in [3.63, 3.8) is 0 Å². The summed E-state index contributed by atoms with van der Waals surface area (Å²) in [5, 5.41) is 11.2. The van der Waals surface area contributed by atoms with Gasteiger partial charge in [-0.15, -0.1) is 5.75 Å². The van der Waals surface area contributed by atoms with Crippen LogP contribution >= 0.6 is 0 Å². The monoisotopic (exact) mass is 458 g/mol. The van der Waals surface area contributed by atoms with Crippen LogP contribution in [0.25, 0.3) is 0 Å². The molecule has 1 N–H and O–H groups in total. The average molecular weight is 459 g/mol. The van der Waals surface area contributed by atoms with Crippen LogP contribution < -0.4 is 61.2 Å². The fraction of sp³-hybridized carbons (Fsp3) is 0.478. The molecule has 0 radical (unpaired) electrons. The summed E-state index contributed by atoms with van der Waals surface area (Å²) >= 11 is 0. The molecule has 7 heteroatoms. The van der Waals surface area contributed by atoms with Crippen LogP contribution in [0.1, 0.15) is 70.3 Å². The van der Waals surface area contributed by atoms with E-state index in [0.29, 0.717) is 5.75 Å². The topological polar surface area (TPSA) is 86.7 Å². The zero-order chi connectivity index (χ0) is 21.1. The quantitative estimate of drug-likeness (QED) is 0.283. The van der Waals surface area contributed by atoms with E-state index in [2.05, 4.69) is 6.92 Å². The third-order valence-electron chi connectivity index (χ3n) is 4.91. The van der Waals surface area contributed by atoms with Crippen molar-refractivity contribution in [2.24, 2.45) is 0 Å². The van der Waals surface area contributed by atoms with Crippen molar-refractivity contribution >= 4 is 10.1 Å². The van der Waals surface area contributed by atoms with Crippen LogP contribution in [0.2, 0.25) is 0 Å². The van der Waals surface area contributed by atoms with Gasteiger partial charge in [-0.3, -0.25) is 4.55 Å². The van der Waals surface area contributed by atoms with Gasteiger partial charge in [0.15, 0.2) is 0 Å². The van der Waals surface area contributed by atoms with E-state index in [4.69, 9.17) is 4.74 Å². The molecule has 2 aromatic rings. The molecule has 0 atom stereocenters. The minimum Gasteiger partial charge on any atom is -0.872 e. The summed E-state index contributed by atoms with van der Waals surface area (Å²) in [6.07, 6.45) is 11.8. The molecule has 0 aliphatic carbocycles. The second-order valence-electron chi connectivity index (χ2n) is 7.41. The van der Waals surface area contributed by atoms with Gasteiger partial charge < -0.3 is 9.84 Å². The maximum Gasteiger partial charge on any atom is 1.00 e. The van der Waals surface area contributed by atoms with E-state index in [-0.39, 0.29) is 67.8 Å². The number of aryl methyl sites for hydroxylation is 1. The first-order chi connectivity index (χ1) is 13.9. The van der Waals surface area contributed by atoms with E-state index in [1.165, 1.54) is 75.3 Å². The zero-order valence-corrected chi connectivity index (χ0v) is 22.0. The molecule has 0 bridgehead atoms. The maximum absolute atomic E-state index is 11.8. The Morgan fingerprint density at radius 2 is 1.43 bits per heavy atom. The number of hydrogen-bond donors (Lipinski definition) is 1. The van der Waals surface area contributed by atoms with Crippen molar-refractivity contribution in [3.8, 4) is 17.2 Å². The molecule has 0 aliphatic rings. The summed E-state index contributed by atoms with van der Waals surface area (Å²) < 4.78 is 38.8. The Kier molecular flexibility index (Phi) is 13.5. The number of unbranched alkanes of at least 4 members (excludes halogenated alkanes) is 8. The zero-order valence-electron chi connectivity index (χ0n) is 18.1. The smallest absolute Gasteiger partial charge is 0.872 e. The van der Waals surface area contributed by atoms with Gasteiger partial charge in [0, 0.05) is 0 Å². The first-order valence-corrected chi connectivity index (χ1v) is 11.9. The van der Waals surface area contributed by atoms with Gasteiger partial charge in [0.2, 0.25) is 0 Å². The number of hydrogen-bond acceptors (Lipinski definition) is 4. The SMILES string of the molecule is CCCCCCCCCCCc1ccc(Oc2ccc([O-])cc2)c(S(=O)(=O)O)c1.[K+]. The van der Waals surface area contributed by atoms with E-state index in [1.807, 2.05) is 6.07 Å². The second-order valence-corrected chi connectivity index (χ2v) is 8.80. The first kappa shape index (κ1) is 27.6. The molecule has 0 unspecified atom stereocenters. The molecule has 160 valence electrons. The summed E-state index contributed by atoms with van der Waals surface area (Å²) in [4.78, 5) is -0.253. The second kappa shape index (κ2) is 14.6. The van der Waals surface area contributed by atoms with Crippen molar-refractivity contribution < 1.29 is 74.2 Å². The van der Waals surface area contributed by atoms with Crippen LogP contribution in [0.5, 0.6) is 17.2 Å². The van der Waals surface area contributed by atoms with Gasteiger partial charge in [-0.2, -0.15) is 8.42 Å². The first-order valence-electron chi connectivity index (χ1n) is 10.5. The molecule has 5 nitrogen and oxygen atoms in total. The van der Waals surface area contributed by atoms with E-state index in [1.54, 1.807) is 6.07 Å². The number of ether oxygens (including phenoxy) is 1. The van der Waals surface area contributed by atoms with Crippen LogP contribution in [0.3, 0.4) is 0 Å². The average Bonchev–Trinajstić information content (AvgIpc) is 2.68.